The molecule has 0 N–H and O–H groups in total. The van der Waals surface area contributed by atoms with Gasteiger partial charge in [0.15, 0.2) is 0 Å². The average molecular weight is 701 g/mol. The SMILES string of the molecule is C1=c2c(-c3ccccc3)cc3ccc(-c4c5ccccc5c(-c5ccc(-n6c(-c7ccccc7)nc7ccccc76)cc5)c5ccccc45)cc3c2=CCC1. The van der Waals surface area contributed by atoms with Crippen molar-refractivity contribution in [3.05, 3.63) is 192 Å². The lowest BCUT2D eigenvalue weighted by Crippen LogP contribution is -2.29. The second kappa shape index (κ2) is 12.8. The summed E-state index contributed by atoms with van der Waals surface area (Å²) >= 11 is 0. The van der Waals surface area contributed by atoms with Gasteiger partial charge in [-0.25, -0.2) is 4.98 Å². The number of rotatable bonds is 5. The van der Waals surface area contributed by atoms with Crippen molar-refractivity contribution in [2.45, 2.75) is 12.8 Å². The zero-order valence-electron chi connectivity index (χ0n) is 30.3. The summed E-state index contributed by atoms with van der Waals surface area (Å²) in [5, 5.41) is 10.3. The molecule has 1 heterocycles. The molecule has 258 valence electrons. The molecule has 0 spiro atoms. The Kier molecular flexibility index (Phi) is 7.34. The van der Waals surface area contributed by atoms with Crippen molar-refractivity contribution < 1.29 is 0 Å². The summed E-state index contributed by atoms with van der Waals surface area (Å²) in [5.74, 6) is 0.943. The molecule has 2 heteroatoms. The van der Waals surface area contributed by atoms with Gasteiger partial charge in [0.05, 0.1) is 11.0 Å². The average Bonchev–Trinajstić information content (AvgIpc) is 3.66. The van der Waals surface area contributed by atoms with Crippen molar-refractivity contribution in [1.29, 1.82) is 0 Å². The van der Waals surface area contributed by atoms with E-state index in [-0.39, 0.29) is 0 Å². The van der Waals surface area contributed by atoms with Gasteiger partial charge in [0.2, 0.25) is 0 Å². The molecule has 0 bridgehead atoms. The van der Waals surface area contributed by atoms with Crippen LogP contribution in [0.25, 0.3) is 106 Å². The lowest BCUT2D eigenvalue weighted by Gasteiger charge is -2.19. The normalized spacial score (nSPS) is 12.5. The lowest BCUT2D eigenvalue weighted by molar-refractivity contribution is 1.10. The lowest BCUT2D eigenvalue weighted by atomic mass is 9.85. The monoisotopic (exact) mass is 700 g/mol. The van der Waals surface area contributed by atoms with E-state index < -0.39 is 0 Å². The highest BCUT2D eigenvalue weighted by Crippen LogP contribution is 2.44. The van der Waals surface area contributed by atoms with Gasteiger partial charge in [0, 0.05) is 11.3 Å². The maximum Gasteiger partial charge on any atom is 0.145 e. The quantitative estimate of drug-likeness (QED) is 0.163. The first-order valence-corrected chi connectivity index (χ1v) is 19.2. The van der Waals surface area contributed by atoms with Gasteiger partial charge in [-0.15, -0.1) is 0 Å². The van der Waals surface area contributed by atoms with Crippen LogP contribution in [0.4, 0.5) is 0 Å². The molecule has 2 nitrogen and oxygen atoms in total. The molecule has 0 aliphatic heterocycles. The molecule has 0 unspecified atom stereocenters. The third-order valence-electron chi connectivity index (χ3n) is 11.4. The second-order valence-electron chi connectivity index (χ2n) is 14.6. The number of benzene rings is 9. The number of fused-ring (bicyclic) bond motifs is 6. The minimum Gasteiger partial charge on any atom is -0.292 e. The van der Waals surface area contributed by atoms with Crippen molar-refractivity contribution in [2.75, 3.05) is 0 Å². The first-order valence-electron chi connectivity index (χ1n) is 19.2. The molecule has 0 atom stereocenters. The predicted molar refractivity (Wildman–Crippen MR) is 233 cm³/mol. The summed E-state index contributed by atoms with van der Waals surface area (Å²) in [6.07, 6.45) is 7.02. The maximum absolute atomic E-state index is 5.08. The van der Waals surface area contributed by atoms with E-state index >= 15 is 0 Å². The third kappa shape index (κ3) is 5.14. The van der Waals surface area contributed by atoms with Crippen LogP contribution >= 0.6 is 0 Å². The highest BCUT2D eigenvalue weighted by molar-refractivity contribution is 6.21. The van der Waals surface area contributed by atoms with Crippen molar-refractivity contribution in [2.24, 2.45) is 0 Å². The Labute approximate surface area is 319 Å². The van der Waals surface area contributed by atoms with Crippen LogP contribution in [0, 0.1) is 0 Å². The number of hydrogen-bond donors (Lipinski definition) is 0. The molecule has 0 saturated carbocycles. The third-order valence-corrected chi connectivity index (χ3v) is 11.4. The van der Waals surface area contributed by atoms with Crippen molar-refractivity contribution >= 4 is 55.5 Å². The molecule has 55 heavy (non-hydrogen) atoms. The Morgan fingerprint density at radius 3 is 1.62 bits per heavy atom. The van der Waals surface area contributed by atoms with Crippen LogP contribution in [-0.4, -0.2) is 9.55 Å². The first-order chi connectivity index (χ1) is 27.3. The summed E-state index contributed by atoms with van der Waals surface area (Å²) in [5.41, 5.74) is 11.8. The molecule has 0 amide bonds. The molecule has 1 aromatic heterocycles. The smallest absolute Gasteiger partial charge is 0.145 e. The van der Waals surface area contributed by atoms with Crippen LogP contribution in [0.5, 0.6) is 0 Å². The topological polar surface area (TPSA) is 17.8 Å². The van der Waals surface area contributed by atoms with Crippen molar-refractivity contribution in [3.63, 3.8) is 0 Å². The first kappa shape index (κ1) is 31.5. The Hall–Kier alpha value is -7.03. The van der Waals surface area contributed by atoms with Crippen LogP contribution < -0.4 is 10.4 Å². The van der Waals surface area contributed by atoms with Gasteiger partial charge in [0.25, 0.3) is 0 Å². The Balaban J connectivity index is 1.10. The zero-order valence-corrected chi connectivity index (χ0v) is 30.3. The van der Waals surface area contributed by atoms with Crippen molar-refractivity contribution in [3.8, 4) is 50.5 Å². The van der Waals surface area contributed by atoms with E-state index in [0.29, 0.717) is 0 Å². The highest BCUT2D eigenvalue weighted by Gasteiger charge is 2.19. The van der Waals surface area contributed by atoms with Gasteiger partial charge in [-0.3, -0.25) is 4.57 Å². The fourth-order valence-electron chi connectivity index (χ4n) is 8.94. The Bertz CT molecular complexity index is 3170. The molecular weight excluding hydrogens is 665 g/mol. The minimum atomic E-state index is 0.943. The van der Waals surface area contributed by atoms with Gasteiger partial charge in [0.1, 0.15) is 5.82 Å². The van der Waals surface area contributed by atoms with E-state index in [1.807, 2.05) is 0 Å². The minimum absolute atomic E-state index is 0.943. The Morgan fingerprint density at radius 2 is 0.945 bits per heavy atom. The van der Waals surface area contributed by atoms with Crippen LogP contribution in [0.2, 0.25) is 0 Å². The van der Waals surface area contributed by atoms with Gasteiger partial charge >= 0.3 is 0 Å². The standard InChI is InChI=1S/C53H36N2/c1-3-15-35(16-4-1)47-33-38-27-28-39(34-48(38)42-20-8-7-19-41(42)47)52-45-23-11-9-21-43(45)51(44-22-10-12-24-46(44)52)36-29-31-40(32-30-36)55-50-26-14-13-25-49(50)54-53(55)37-17-5-2-6-18-37/h1-6,9-34H,7-8H2. The summed E-state index contributed by atoms with van der Waals surface area (Å²) in [6, 6.07) is 66.2. The molecule has 9 aromatic carbocycles. The molecule has 1 aliphatic carbocycles. The summed E-state index contributed by atoms with van der Waals surface area (Å²) in [6.45, 7) is 0. The van der Waals surface area contributed by atoms with E-state index in [9.17, 15) is 0 Å². The van der Waals surface area contributed by atoms with E-state index in [1.165, 1.54) is 76.1 Å². The van der Waals surface area contributed by atoms with Crippen LogP contribution in [0.15, 0.2) is 182 Å². The highest BCUT2D eigenvalue weighted by atomic mass is 15.1. The van der Waals surface area contributed by atoms with Gasteiger partial charge in [-0.05, 0) is 125 Å². The van der Waals surface area contributed by atoms with E-state index in [2.05, 4.69) is 199 Å². The Morgan fingerprint density at radius 1 is 0.400 bits per heavy atom. The van der Waals surface area contributed by atoms with Gasteiger partial charge in [-0.1, -0.05) is 158 Å². The molecule has 0 saturated heterocycles. The predicted octanol–water partition coefficient (Wildman–Crippen LogP) is 12.5. The second-order valence-corrected chi connectivity index (χ2v) is 14.6. The molecule has 0 radical (unpaired) electrons. The largest absolute Gasteiger partial charge is 0.292 e. The number of aromatic nitrogens is 2. The summed E-state index contributed by atoms with van der Waals surface area (Å²) in [7, 11) is 0. The zero-order chi connectivity index (χ0) is 36.3. The fourth-order valence-corrected chi connectivity index (χ4v) is 8.94. The maximum atomic E-state index is 5.08. The van der Waals surface area contributed by atoms with E-state index in [0.717, 1.165) is 41.0 Å². The number of para-hydroxylation sites is 2. The molecule has 1 aliphatic rings. The number of imidazole rings is 1. The van der Waals surface area contributed by atoms with Crippen LogP contribution in [0.1, 0.15) is 12.8 Å². The van der Waals surface area contributed by atoms with Gasteiger partial charge in [-0.2, -0.15) is 0 Å². The molecular formula is C53H36N2. The molecule has 0 fully saturated rings. The van der Waals surface area contributed by atoms with Crippen molar-refractivity contribution in [1.82, 2.24) is 9.55 Å². The van der Waals surface area contributed by atoms with Crippen LogP contribution in [-0.2, 0) is 0 Å². The fraction of sp³-hybridized carbons (Fsp3) is 0.0377. The van der Waals surface area contributed by atoms with Crippen LogP contribution in [0.3, 0.4) is 0 Å². The van der Waals surface area contributed by atoms with E-state index in [4.69, 9.17) is 4.98 Å². The molecule has 10 aromatic rings. The number of hydrogen-bond acceptors (Lipinski definition) is 1. The van der Waals surface area contributed by atoms with E-state index in [1.54, 1.807) is 0 Å². The molecule has 11 rings (SSSR count). The summed E-state index contributed by atoms with van der Waals surface area (Å²) < 4.78 is 2.28. The number of nitrogens with zero attached hydrogens (tertiary/aromatic N) is 2. The summed E-state index contributed by atoms with van der Waals surface area (Å²) in [4.78, 5) is 5.08. The van der Waals surface area contributed by atoms with Gasteiger partial charge < -0.3 is 0 Å².